The minimum Gasteiger partial charge on any atom is -0.368 e. The number of nitrogens with zero attached hydrogens (tertiary/aromatic N) is 6. The molecule has 3 aromatic heterocycles. The van der Waals surface area contributed by atoms with Crippen molar-refractivity contribution >= 4 is 17.2 Å². The van der Waals surface area contributed by atoms with E-state index in [2.05, 4.69) is 20.0 Å². The normalized spacial score (nSPS) is 15.1. The van der Waals surface area contributed by atoms with E-state index in [9.17, 15) is 4.79 Å². The van der Waals surface area contributed by atoms with Crippen LogP contribution in [0.25, 0.3) is 5.65 Å². The van der Waals surface area contributed by atoms with Gasteiger partial charge >= 0.3 is 0 Å². The standard InChI is InChI=1S/C16H16N6O/c23-16(14-2-1-3-15-18-12-19-22(14)15)21-10-8-20(9-11-21)13-4-6-17-7-5-13/h1-7,12H,8-11H2. The van der Waals surface area contributed by atoms with Crippen LogP contribution in [0.2, 0.25) is 0 Å². The van der Waals surface area contributed by atoms with Crippen molar-refractivity contribution in [1.29, 1.82) is 0 Å². The maximum atomic E-state index is 12.8. The molecule has 3 aromatic rings. The highest BCUT2D eigenvalue weighted by Crippen LogP contribution is 2.16. The molecule has 7 nitrogen and oxygen atoms in total. The molecular formula is C16H16N6O. The molecule has 0 spiro atoms. The lowest BCUT2D eigenvalue weighted by Crippen LogP contribution is -2.49. The molecule has 1 aliphatic heterocycles. The third-order valence-electron chi connectivity index (χ3n) is 4.12. The molecule has 0 atom stereocenters. The number of carbonyl (C=O) groups is 1. The summed E-state index contributed by atoms with van der Waals surface area (Å²) in [6.07, 6.45) is 5.05. The van der Waals surface area contributed by atoms with Crippen molar-refractivity contribution in [2.75, 3.05) is 31.1 Å². The van der Waals surface area contributed by atoms with Gasteiger partial charge in [0.1, 0.15) is 12.0 Å². The van der Waals surface area contributed by atoms with Gasteiger partial charge in [-0.2, -0.15) is 5.10 Å². The number of piperazine rings is 1. The Morgan fingerprint density at radius 1 is 1.00 bits per heavy atom. The maximum absolute atomic E-state index is 12.8. The first kappa shape index (κ1) is 13.7. The van der Waals surface area contributed by atoms with Crippen molar-refractivity contribution in [3.63, 3.8) is 0 Å². The lowest BCUT2D eigenvalue weighted by molar-refractivity contribution is 0.0738. The molecule has 0 radical (unpaired) electrons. The van der Waals surface area contributed by atoms with Crippen LogP contribution >= 0.6 is 0 Å². The molecule has 1 fully saturated rings. The van der Waals surface area contributed by atoms with Crippen molar-refractivity contribution < 1.29 is 4.79 Å². The van der Waals surface area contributed by atoms with Gasteiger partial charge in [-0.15, -0.1) is 0 Å². The second-order valence-electron chi connectivity index (χ2n) is 5.43. The van der Waals surface area contributed by atoms with Gasteiger partial charge in [0, 0.05) is 44.3 Å². The minimum absolute atomic E-state index is 0.00419. The Bertz CT molecular complexity index is 823. The molecule has 7 heteroatoms. The smallest absolute Gasteiger partial charge is 0.272 e. The summed E-state index contributed by atoms with van der Waals surface area (Å²) in [6, 6.07) is 9.45. The lowest BCUT2D eigenvalue weighted by atomic mass is 10.2. The molecular weight excluding hydrogens is 292 g/mol. The molecule has 0 saturated carbocycles. The Morgan fingerprint density at radius 2 is 1.78 bits per heavy atom. The number of hydrogen-bond donors (Lipinski definition) is 0. The van der Waals surface area contributed by atoms with E-state index >= 15 is 0 Å². The molecule has 1 saturated heterocycles. The number of anilines is 1. The molecule has 0 bridgehead atoms. The van der Waals surface area contributed by atoms with E-state index in [0.29, 0.717) is 24.4 Å². The van der Waals surface area contributed by atoms with Gasteiger partial charge in [-0.1, -0.05) is 6.07 Å². The average molecular weight is 308 g/mol. The van der Waals surface area contributed by atoms with Gasteiger partial charge in [-0.3, -0.25) is 9.78 Å². The third kappa shape index (κ3) is 2.50. The summed E-state index contributed by atoms with van der Waals surface area (Å²) in [4.78, 5) is 25.1. The fourth-order valence-corrected chi connectivity index (χ4v) is 2.89. The van der Waals surface area contributed by atoms with Crippen molar-refractivity contribution in [3.05, 3.63) is 54.7 Å². The zero-order valence-electron chi connectivity index (χ0n) is 12.5. The number of fused-ring (bicyclic) bond motifs is 1. The van der Waals surface area contributed by atoms with Crippen LogP contribution in [-0.4, -0.2) is 56.6 Å². The molecule has 4 heterocycles. The second kappa shape index (κ2) is 5.68. The van der Waals surface area contributed by atoms with Gasteiger partial charge in [-0.25, -0.2) is 9.50 Å². The van der Waals surface area contributed by atoms with Crippen LogP contribution in [0.15, 0.2) is 49.1 Å². The Morgan fingerprint density at radius 3 is 2.57 bits per heavy atom. The highest BCUT2D eigenvalue weighted by Gasteiger charge is 2.24. The van der Waals surface area contributed by atoms with Crippen LogP contribution in [-0.2, 0) is 0 Å². The fourth-order valence-electron chi connectivity index (χ4n) is 2.89. The van der Waals surface area contributed by atoms with E-state index < -0.39 is 0 Å². The van der Waals surface area contributed by atoms with Crippen LogP contribution in [0.4, 0.5) is 5.69 Å². The summed E-state index contributed by atoms with van der Waals surface area (Å²) in [5, 5.41) is 4.14. The fraction of sp³-hybridized carbons (Fsp3) is 0.250. The quantitative estimate of drug-likeness (QED) is 0.709. The monoisotopic (exact) mass is 308 g/mol. The molecule has 0 unspecified atom stereocenters. The van der Waals surface area contributed by atoms with E-state index in [1.165, 1.54) is 6.33 Å². The van der Waals surface area contributed by atoms with Gasteiger partial charge in [0.15, 0.2) is 5.65 Å². The Balaban J connectivity index is 1.50. The Labute approximate surface area is 133 Å². The predicted octanol–water partition coefficient (Wildman–Crippen LogP) is 1.09. The zero-order valence-corrected chi connectivity index (χ0v) is 12.5. The highest BCUT2D eigenvalue weighted by molar-refractivity contribution is 5.93. The molecule has 23 heavy (non-hydrogen) atoms. The number of aromatic nitrogens is 4. The number of amides is 1. The number of hydrogen-bond acceptors (Lipinski definition) is 5. The summed E-state index contributed by atoms with van der Waals surface area (Å²) < 4.78 is 1.59. The van der Waals surface area contributed by atoms with Crippen molar-refractivity contribution in [2.24, 2.45) is 0 Å². The zero-order chi connectivity index (χ0) is 15.6. The first-order valence-corrected chi connectivity index (χ1v) is 7.56. The van der Waals surface area contributed by atoms with E-state index in [4.69, 9.17) is 0 Å². The summed E-state index contributed by atoms with van der Waals surface area (Å²) in [5.74, 6) is -0.00419. The van der Waals surface area contributed by atoms with E-state index in [1.807, 2.05) is 29.2 Å². The molecule has 1 aliphatic rings. The summed E-state index contributed by atoms with van der Waals surface area (Å²) in [7, 11) is 0. The topological polar surface area (TPSA) is 66.6 Å². The molecule has 1 amide bonds. The lowest BCUT2D eigenvalue weighted by Gasteiger charge is -2.36. The molecule has 0 N–H and O–H groups in total. The average Bonchev–Trinajstić information content (AvgIpc) is 3.11. The first-order valence-electron chi connectivity index (χ1n) is 7.56. The van der Waals surface area contributed by atoms with Crippen molar-refractivity contribution in [3.8, 4) is 0 Å². The van der Waals surface area contributed by atoms with Crippen molar-refractivity contribution in [2.45, 2.75) is 0 Å². The third-order valence-corrected chi connectivity index (χ3v) is 4.12. The first-order chi connectivity index (χ1) is 11.3. The largest absolute Gasteiger partial charge is 0.368 e. The van der Waals surface area contributed by atoms with Crippen LogP contribution < -0.4 is 4.90 Å². The van der Waals surface area contributed by atoms with Crippen molar-refractivity contribution in [1.82, 2.24) is 24.5 Å². The molecule has 116 valence electrons. The second-order valence-corrected chi connectivity index (χ2v) is 5.43. The maximum Gasteiger partial charge on any atom is 0.272 e. The number of carbonyl (C=O) groups excluding carboxylic acids is 1. The highest BCUT2D eigenvalue weighted by atomic mass is 16.2. The van der Waals surface area contributed by atoms with Crippen LogP contribution in [0.5, 0.6) is 0 Å². The summed E-state index contributed by atoms with van der Waals surface area (Å²) in [6.45, 7) is 2.99. The van der Waals surface area contributed by atoms with Crippen LogP contribution in [0.3, 0.4) is 0 Å². The number of pyridine rings is 2. The Kier molecular flexibility index (Phi) is 3.38. The van der Waals surface area contributed by atoms with Gasteiger partial charge in [-0.05, 0) is 24.3 Å². The molecule has 4 rings (SSSR count). The van der Waals surface area contributed by atoms with Gasteiger partial charge in [0.05, 0.1) is 0 Å². The SMILES string of the molecule is O=C(c1cccc2ncnn12)N1CCN(c2ccncc2)CC1. The number of rotatable bonds is 2. The van der Waals surface area contributed by atoms with Gasteiger partial charge in [0.2, 0.25) is 0 Å². The van der Waals surface area contributed by atoms with E-state index in [0.717, 1.165) is 18.8 Å². The Hall–Kier alpha value is -2.96. The molecule has 0 aliphatic carbocycles. The van der Waals surface area contributed by atoms with Crippen LogP contribution in [0.1, 0.15) is 10.5 Å². The molecule has 0 aromatic carbocycles. The predicted molar refractivity (Wildman–Crippen MR) is 85.3 cm³/mol. The van der Waals surface area contributed by atoms with Gasteiger partial charge < -0.3 is 9.80 Å². The van der Waals surface area contributed by atoms with E-state index in [-0.39, 0.29) is 5.91 Å². The van der Waals surface area contributed by atoms with Gasteiger partial charge in [0.25, 0.3) is 5.91 Å². The summed E-state index contributed by atoms with van der Waals surface area (Å²) >= 11 is 0. The summed E-state index contributed by atoms with van der Waals surface area (Å²) in [5.41, 5.74) is 2.38. The van der Waals surface area contributed by atoms with E-state index in [1.54, 1.807) is 23.0 Å². The van der Waals surface area contributed by atoms with Crippen LogP contribution in [0, 0.1) is 0 Å². The minimum atomic E-state index is -0.00419.